The number of hydrogen-bond acceptors (Lipinski definition) is 2. The number of aromatic hydroxyl groups is 1. The quantitative estimate of drug-likeness (QED) is 0.745. The van der Waals surface area contributed by atoms with Crippen LogP contribution in [0.2, 0.25) is 0 Å². The van der Waals surface area contributed by atoms with Crippen LogP contribution in [0.1, 0.15) is 11.1 Å². The first-order chi connectivity index (χ1) is 8.56. The number of aliphatic imine (C=N–C) groups is 1. The Labute approximate surface area is 123 Å². The van der Waals surface area contributed by atoms with Crippen molar-refractivity contribution >= 4 is 43.8 Å². The molecule has 4 heteroatoms. The molecule has 0 radical (unpaired) electrons. The molecule has 2 nitrogen and oxygen atoms in total. The highest BCUT2D eigenvalue weighted by molar-refractivity contribution is 9.11. The van der Waals surface area contributed by atoms with Gasteiger partial charge in [0.2, 0.25) is 0 Å². The average molecular weight is 369 g/mol. The zero-order valence-electron chi connectivity index (χ0n) is 9.69. The number of rotatable bonds is 2. The van der Waals surface area contributed by atoms with E-state index in [-0.39, 0.29) is 5.75 Å². The number of nitrogens with zero attached hydrogens (tertiary/aromatic N) is 1. The lowest BCUT2D eigenvalue weighted by Crippen LogP contribution is -1.84. The van der Waals surface area contributed by atoms with Crippen LogP contribution in [0.15, 0.2) is 50.3 Å². The molecule has 0 aliphatic heterocycles. The maximum Gasteiger partial charge on any atom is 0.138 e. The monoisotopic (exact) mass is 367 g/mol. The second-order valence-electron chi connectivity index (χ2n) is 3.92. The summed E-state index contributed by atoms with van der Waals surface area (Å²) in [4.78, 5) is 4.35. The molecule has 0 amide bonds. The Morgan fingerprint density at radius 1 is 1.17 bits per heavy atom. The first-order valence-electron chi connectivity index (χ1n) is 5.35. The summed E-state index contributed by atoms with van der Waals surface area (Å²) in [6.45, 7) is 2.02. The molecule has 0 atom stereocenters. The molecule has 2 aromatic rings. The topological polar surface area (TPSA) is 32.6 Å². The van der Waals surface area contributed by atoms with Gasteiger partial charge in [-0.25, -0.2) is 0 Å². The summed E-state index contributed by atoms with van der Waals surface area (Å²) >= 11 is 6.68. The van der Waals surface area contributed by atoms with Crippen LogP contribution in [0.25, 0.3) is 0 Å². The molecule has 0 aromatic heterocycles. The Balaban J connectivity index is 2.34. The van der Waals surface area contributed by atoms with E-state index in [0.717, 1.165) is 15.7 Å². The highest BCUT2D eigenvalue weighted by Gasteiger charge is 2.05. The van der Waals surface area contributed by atoms with Gasteiger partial charge in [-0.15, -0.1) is 0 Å². The molecule has 18 heavy (non-hydrogen) atoms. The van der Waals surface area contributed by atoms with Crippen LogP contribution in [-0.4, -0.2) is 11.3 Å². The van der Waals surface area contributed by atoms with Gasteiger partial charge in [0.25, 0.3) is 0 Å². The third-order valence-corrected chi connectivity index (χ3v) is 3.47. The van der Waals surface area contributed by atoms with E-state index in [1.807, 2.05) is 37.3 Å². The van der Waals surface area contributed by atoms with Gasteiger partial charge in [0.05, 0.1) is 10.2 Å². The van der Waals surface area contributed by atoms with Gasteiger partial charge in [0.15, 0.2) is 0 Å². The maximum absolute atomic E-state index is 9.90. The van der Waals surface area contributed by atoms with E-state index in [4.69, 9.17) is 0 Å². The zero-order valence-corrected chi connectivity index (χ0v) is 12.9. The molecule has 1 N–H and O–H groups in total. The molecule has 0 aliphatic rings. The fourth-order valence-corrected chi connectivity index (χ4v) is 2.79. The molecule has 0 fully saturated rings. The number of hydrogen-bond donors (Lipinski definition) is 1. The highest BCUT2D eigenvalue weighted by atomic mass is 79.9. The number of phenols is 1. The van der Waals surface area contributed by atoms with Crippen molar-refractivity contribution in [2.45, 2.75) is 6.92 Å². The zero-order chi connectivity index (χ0) is 13.1. The van der Waals surface area contributed by atoms with Crippen molar-refractivity contribution in [3.05, 3.63) is 56.5 Å². The summed E-state index contributed by atoms with van der Waals surface area (Å²) in [5.41, 5.74) is 2.69. The summed E-state index contributed by atoms with van der Waals surface area (Å²) in [5.74, 6) is 0.189. The Hall–Kier alpha value is -1.13. The van der Waals surface area contributed by atoms with Crippen molar-refractivity contribution in [2.24, 2.45) is 4.99 Å². The van der Waals surface area contributed by atoms with E-state index in [1.165, 1.54) is 0 Å². The van der Waals surface area contributed by atoms with Crippen LogP contribution in [0.4, 0.5) is 5.69 Å². The van der Waals surface area contributed by atoms with Gasteiger partial charge < -0.3 is 5.11 Å². The van der Waals surface area contributed by atoms with Gasteiger partial charge in [-0.3, -0.25) is 4.99 Å². The van der Waals surface area contributed by atoms with E-state index in [2.05, 4.69) is 36.9 Å². The maximum atomic E-state index is 9.90. The average Bonchev–Trinajstić information content (AvgIpc) is 2.32. The van der Waals surface area contributed by atoms with Crippen LogP contribution in [0, 0.1) is 6.92 Å². The van der Waals surface area contributed by atoms with E-state index in [9.17, 15) is 5.11 Å². The summed E-state index contributed by atoms with van der Waals surface area (Å²) in [6, 6.07) is 11.5. The normalized spacial score (nSPS) is 11.1. The van der Waals surface area contributed by atoms with Crippen molar-refractivity contribution in [3.8, 4) is 5.75 Å². The van der Waals surface area contributed by atoms with Crippen molar-refractivity contribution in [1.82, 2.24) is 0 Å². The van der Waals surface area contributed by atoms with Gasteiger partial charge >= 0.3 is 0 Å². The summed E-state index contributed by atoms with van der Waals surface area (Å²) in [5, 5.41) is 9.90. The van der Waals surface area contributed by atoms with E-state index >= 15 is 0 Å². The van der Waals surface area contributed by atoms with Crippen LogP contribution in [0.3, 0.4) is 0 Å². The number of halogens is 2. The fraction of sp³-hybridized carbons (Fsp3) is 0.0714. The van der Waals surface area contributed by atoms with Crippen LogP contribution in [-0.2, 0) is 0 Å². The molecule has 0 spiro atoms. The largest absolute Gasteiger partial charge is 0.506 e. The Morgan fingerprint density at radius 3 is 2.67 bits per heavy atom. The van der Waals surface area contributed by atoms with Gasteiger partial charge in [-0.05, 0) is 52.7 Å². The predicted molar refractivity (Wildman–Crippen MR) is 81.9 cm³/mol. The third kappa shape index (κ3) is 3.21. The highest BCUT2D eigenvalue weighted by Crippen LogP contribution is 2.31. The van der Waals surface area contributed by atoms with Gasteiger partial charge in [-0.1, -0.05) is 28.1 Å². The Bertz CT molecular complexity index is 609. The van der Waals surface area contributed by atoms with Gasteiger partial charge in [-0.2, -0.15) is 0 Å². The molecule has 0 saturated carbocycles. The summed E-state index contributed by atoms with van der Waals surface area (Å²) < 4.78 is 1.53. The molecule has 0 unspecified atom stereocenters. The number of phenolic OH excluding ortho intramolecular Hbond substituents is 1. The van der Waals surface area contributed by atoms with E-state index < -0.39 is 0 Å². The Kier molecular flexibility index (Phi) is 4.19. The van der Waals surface area contributed by atoms with Crippen molar-refractivity contribution in [2.75, 3.05) is 0 Å². The van der Waals surface area contributed by atoms with Gasteiger partial charge in [0, 0.05) is 16.3 Å². The van der Waals surface area contributed by atoms with Crippen LogP contribution >= 0.6 is 31.9 Å². The Morgan fingerprint density at radius 2 is 1.94 bits per heavy atom. The summed E-state index contributed by atoms with van der Waals surface area (Å²) in [7, 11) is 0. The van der Waals surface area contributed by atoms with Crippen molar-refractivity contribution < 1.29 is 5.11 Å². The standard InChI is InChI=1S/C14H11Br2NO/c1-9-3-2-4-12(5-9)17-8-10-6-11(15)7-13(16)14(10)18/h2-8,18H,1H3. The SMILES string of the molecule is Cc1cccc(N=Cc2cc(Br)cc(Br)c2O)c1. The predicted octanol–water partition coefficient (Wildman–Crippen LogP) is 4.98. The van der Waals surface area contributed by atoms with E-state index in [1.54, 1.807) is 12.3 Å². The van der Waals surface area contributed by atoms with Crippen molar-refractivity contribution in [1.29, 1.82) is 0 Å². The minimum absolute atomic E-state index is 0.189. The minimum atomic E-state index is 0.189. The second kappa shape index (κ2) is 5.67. The fourth-order valence-electron chi connectivity index (χ4n) is 1.54. The molecule has 0 saturated heterocycles. The molecule has 2 aromatic carbocycles. The lowest BCUT2D eigenvalue weighted by atomic mass is 10.2. The molecule has 0 bridgehead atoms. The molecule has 92 valence electrons. The first kappa shape index (κ1) is 13.3. The van der Waals surface area contributed by atoms with Crippen molar-refractivity contribution in [3.63, 3.8) is 0 Å². The molecular formula is C14H11Br2NO. The lowest BCUT2D eigenvalue weighted by molar-refractivity contribution is 0.471. The number of benzene rings is 2. The van der Waals surface area contributed by atoms with Gasteiger partial charge in [0.1, 0.15) is 5.75 Å². The molecule has 0 aliphatic carbocycles. The first-order valence-corrected chi connectivity index (χ1v) is 6.93. The molecule has 0 heterocycles. The minimum Gasteiger partial charge on any atom is -0.506 e. The van der Waals surface area contributed by atoms with E-state index in [0.29, 0.717) is 10.0 Å². The molecular weight excluding hydrogens is 358 g/mol. The second-order valence-corrected chi connectivity index (χ2v) is 5.69. The summed E-state index contributed by atoms with van der Waals surface area (Å²) in [6.07, 6.45) is 1.65. The smallest absolute Gasteiger partial charge is 0.138 e. The molecule has 2 rings (SSSR count). The lowest BCUT2D eigenvalue weighted by Gasteiger charge is -2.03. The number of aryl methyl sites for hydroxylation is 1. The van der Waals surface area contributed by atoms with Crippen LogP contribution in [0.5, 0.6) is 5.75 Å². The van der Waals surface area contributed by atoms with Crippen LogP contribution < -0.4 is 0 Å². The third-order valence-electron chi connectivity index (χ3n) is 2.41.